The Balaban J connectivity index is 0.00000132. The second-order valence-electron chi connectivity index (χ2n) is 7.88. The molecule has 0 spiro atoms. The number of nitrogens with zero attached hydrogens (tertiary/aromatic N) is 1. The molecule has 0 aliphatic heterocycles. The number of aryl methyl sites for hydroxylation is 1. The Hall–Kier alpha value is -0.627. The summed E-state index contributed by atoms with van der Waals surface area (Å²) in [5, 5.41) is 11.0. The summed E-state index contributed by atoms with van der Waals surface area (Å²) in [6.45, 7) is 10.7. The summed E-state index contributed by atoms with van der Waals surface area (Å²) in [6, 6.07) is 14.7. The maximum absolute atomic E-state index is 11.0. The molecule has 2 aromatic carbocycles. The van der Waals surface area contributed by atoms with E-state index in [0.29, 0.717) is 5.75 Å². The molecule has 1 N–H and O–H groups in total. The standard InChI is InChI=1S/C24H33NO.2ClH.Zr/c1-6-7-9-12-19(3)25-17-21-18(2)15-16-22(23(21)26)24(4,5)20-13-10-8-11-14-20;;;/h8,10-11,13-17,19,26H,6-7,9,12H2,1-5H3;2*1H;/q;;;+2/p-2. The van der Waals surface area contributed by atoms with Gasteiger partial charge in [0.05, 0.1) is 0 Å². The molecule has 0 bridgehead atoms. The third-order valence-corrected chi connectivity index (χ3v) is 5.29. The maximum atomic E-state index is 11.0. The van der Waals surface area contributed by atoms with Gasteiger partial charge < -0.3 is 5.11 Å². The van der Waals surface area contributed by atoms with E-state index < -0.39 is 20.8 Å². The third-order valence-electron chi connectivity index (χ3n) is 5.29. The van der Waals surface area contributed by atoms with Crippen LogP contribution in [-0.4, -0.2) is 17.4 Å². The minimum atomic E-state index is -0.826. The zero-order valence-corrected chi connectivity index (χ0v) is 22.1. The number of phenolic OH excluding ortho intramolecular Hbond substituents is 1. The van der Waals surface area contributed by atoms with Crippen LogP contribution in [0.25, 0.3) is 0 Å². The molecule has 2 rings (SSSR count). The van der Waals surface area contributed by atoms with Gasteiger partial charge >= 0.3 is 37.9 Å². The molecule has 0 aliphatic carbocycles. The second kappa shape index (κ2) is 13.6. The Kier molecular flexibility index (Phi) is 12.4. The van der Waals surface area contributed by atoms with Crippen molar-refractivity contribution >= 4 is 23.2 Å². The van der Waals surface area contributed by atoms with Gasteiger partial charge in [-0.2, -0.15) is 0 Å². The van der Waals surface area contributed by atoms with Crippen molar-refractivity contribution in [1.29, 1.82) is 0 Å². The zero-order chi connectivity index (χ0) is 21.9. The summed E-state index contributed by atoms with van der Waals surface area (Å²) >= 11 is -0.826. The SMILES string of the molecule is CCCCCC(C)N=Cc1c(C)ccc(C(C)(C)c2ccccc2)c1O.[Cl][Zr][Cl]. The summed E-state index contributed by atoms with van der Waals surface area (Å²) in [6.07, 6.45) is 6.66. The van der Waals surface area contributed by atoms with Crippen molar-refractivity contribution in [3.8, 4) is 5.75 Å². The fourth-order valence-corrected chi connectivity index (χ4v) is 3.35. The van der Waals surface area contributed by atoms with E-state index in [1.54, 1.807) is 0 Å². The van der Waals surface area contributed by atoms with E-state index in [4.69, 9.17) is 22.0 Å². The Bertz CT molecular complexity index is 763. The number of phenols is 1. The van der Waals surface area contributed by atoms with Gasteiger partial charge in [-0.05, 0) is 31.4 Å². The Labute approximate surface area is 195 Å². The van der Waals surface area contributed by atoms with Crippen molar-refractivity contribution in [2.24, 2.45) is 4.99 Å². The topological polar surface area (TPSA) is 32.6 Å². The van der Waals surface area contributed by atoms with E-state index in [0.717, 1.165) is 23.1 Å². The van der Waals surface area contributed by atoms with Gasteiger partial charge in [0.2, 0.25) is 0 Å². The van der Waals surface area contributed by atoms with E-state index in [1.807, 2.05) is 37.4 Å². The Morgan fingerprint density at radius 3 is 2.31 bits per heavy atom. The molecule has 2 aromatic rings. The van der Waals surface area contributed by atoms with Gasteiger partial charge in [0.25, 0.3) is 0 Å². The van der Waals surface area contributed by atoms with Crippen molar-refractivity contribution in [1.82, 2.24) is 0 Å². The molecule has 1 atom stereocenters. The fourth-order valence-electron chi connectivity index (χ4n) is 3.35. The number of aliphatic imine (C=N–C) groups is 1. The molecule has 2 nitrogen and oxygen atoms in total. The van der Waals surface area contributed by atoms with Crippen molar-refractivity contribution in [2.75, 3.05) is 0 Å². The second-order valence-corrected chi connectivity index (χ2v) is 11.6. The van der Waals surface area contributed by atoms with Crippen LogP contribution in [0.2, 0.25) is 0 Å². The number of hydrogen-bond acceptors (Lipinski definition) is 2. The predicted molar refractivity (Wildman–Crippen MR) is 124 cm³/mol. The number of halogens is 2. The molecule has 0 saturated carbocycles. The van der Waals surface area contributed by atoms with E-state index in [2.05, 4.69) is 45.9 Å². The molecule has 0 aromatic heterocycles. The first-order valence-electron chi connectivity index (χ1n) is 10.2. The van der Waals surface area contributed by atoms with E-state index >= 15 is 0 Å². The molecule has 0 fully saturated rings. The van der Waals surface area contributed by atoms with Crippen LogP contribution in [0.3, 0.4) is 0 Å². The van der Waals surface area contributed by atoms with E-state index in [1.165, 1.54) is 24.8 Å². The fraction of sp³-hybridized carbons (Fsp3) is 0.458. The minimum absolute atomic E-state index is 0.269. The van der Waals surface area contributed by atoms with Crippen LogP contribution < -0.4 is 0 Å². The first-order valence-corrected chi connectivity index (χ1v) is 16.5. The molecule has 0 aliphatic rings. The van der Waals surface area contributed by atoms with Crippen molar-refractivity contribution in [3.63, 3.8) is 0 Å². The van der Waals surface area contributed by atoms with Gasteiger partial charge in [-0.3, -0.25) is 4.99 Å². The van der Waals surface area contributed by atoms with Gasteiger partial charge in [0, 0.05) is 28.8 Å². The number of rotatable bonds is 8. The zero-order valence-electron chi connectivity index (χ0n) is 18.2. The molecule has 0 radical (unpaired) electrons. The van der Waals surface area contributed by atoms with Crippen LogP contribution in [0.4, 0.5) is 0 Å². The van der Waals surface area contributed by atoms with Gasteiger partial charge in [-0.15, -0.1) is 0 Å². The summed E-state index contributed by atoms with van der Waals surface area (Å²) in [7, 11) is 9.87. The number of benzene rings is 2. The molecular weight excluding hydrogens is 480 g/mol. The Morgan fingerprint density at radius 2 is 1.72 bits per heavy atom. The molecule has 158 valence electrons. The number of hydrogen-bond donors (Lipinski definition) is 1. The van der Waals surface area contributed by atoms with Crippen LogP contribution in [0.1, 0.15) is 75.6 Å². The quantitative estimate of drug-likeness (QED) is 0.284. The number of unbranched alkanes of at least 4 members (excludes halogenated alkanes) is 2. The third kappa shape index (κ3) is 8.19. The summed E-state index contributed by atoms with van der Waals surface area (Å²) in [4.78, 5) is 4.70. The van der Waals surface area contributed by atoms with Crippen LogP contribution >= 0.6 is 17.0 Å². The first kappa shape index (κ1) is 26.4. The van der Waals surface area contributed by atoms with Gasteiger partial charge in [0.15, 0.2) is 0 Å². The van der Waals surface area contributed by atoms with Crippen LogP contribution in [0.15, 0.2) is 47.5 Å². The predicted octanol–water partition coefficient (Wildman–Crippen LogP) is 7.79. The van der Waals surface area contributed by atoms with Crippen LogP contribution in [0.5, 0.6) is 5.75 Å². The molecule has 0 heterocycles. The molecular formula is C24H33Cl2NOZr. The average Bonchev–Trinajstić information content (AvgIpc) is 2.69. The Morgan fingerprint density at radius 1 is 1.10 bits per heavy atom. The van der Waals surface area contributed by atoms with E-state index in [9.17, 15) is 5.11 Å². The monoisotopic (exact) mass is 511 g/mol. The van der Waals surface area contributed by atoms with E-state index in [-0.39, 0.29) is 11.5 Å². The molecule has 1 unspecified atom stereocenters. The molecule has 0 saturated heterocycles. The van der Waals surface area contributed by atoms with Crippen LogP contribution in [0, 0.1) is 6.92 Å². The normalized spacial score (nSPS) is 12.4. The van der Waals surface area contributed by atoms with Crippen molar-refractivity contribution in [2.45, 2.75) is 71.8 Å². The average molecular weight is 514 g/mol. The van der Waals surface area contributed by atoms with Gasteiger partial charge in [-0.25, -0.2) is 0 Å². The first-order chi connectivity index (χ1) is 13.8. The number of aromatic hydroxyl groups is 1. The summed E-state index contributed by atoms with van der Waals surface area (Å²) in [5.74, 6) is 0.350. The van der Waals surface area contributed by atoms with Crippen LogP contribution in [-0.2, 0) is 26.3 Å². The van der Waals surface area contributed by atoms with Gasteiger partial charge in [-0.1, -0.05) is 82.5 Å². The summed E-state index contributed by atoms with van der Waals surface area (Å²) < 4.78 is 0. The molecule has 29 heavy (non-hydrogen) atoms. The molecule has 0 amide bonds. The van der Waals surface area contributed by atoms with Gasteiger partial charge in [0.1, 0.15) is 5.75 Å². The summed E-state index contributed by atoms with van der Waals surface area (Å²) in [5.41, 5.74) is 3.76. The van der Waals surface area contributed by atoms with Crippen molar-refractivity contribution < 1.29 is 26.0 Å². The molecule has 5 heteroatoms. The van der Waals surface area contributed by atoms with Crippen molar-refractivity contribution in [3.05, 3.63) is 64.7 Å².